The van der Waals surface area contributed by atoms with Gasteiger partial charge in [0.15, 0.2) is 0 Å². The topological polar surface area (TPSA) is 64.3 Å². The molecule has 1 unspecified atom stereocenters. The van der Waals surface area contributed by atoms with E-state index in [4.69, 9.17) is 10.5 Å². The van der Waals surface area contributed by atoms with Crippen LogP contribution in [-0.4, -0.2) is 32.2 Å². The Labute approximate surface area is 108 Å². The number of amides is 1. The Morgan fingerprint density at radius 1 is 1.41 bits per heavy atom. The number of ether oxygens (including phenoxy) is 1. The summed E-state index contributed by atoms with van der Waals surface area (Å²) in [5.41, 5.74) is 6.77. The fraction of sp³-hybridized carbons (Fsp3) is 0.417. The molecule has 0 heterocycles. The number of carbonyl (C=O) groups excluding carboxylic acids is 1. The lowest BCUT2D eigenvalue weighted by Crippen LogP contribution is -2.44. The van der Waals surface area contributed by atoms with Gasteiger partial charge in [-0.2, -0.15) is 0 Å². The van der Waals surface area contributed by atoms with E-state index in [-0.39, 0.29) is 24.9 Å². The molecule has 0 aliphatic heterocycles. The van der Waals surface area contributed by atoms with Crippen molar-refractivity contribution in [1.29, 1.82) is 0 Å². The number of benzene rings is 1. The van der Waals surface area contributed by atoms with E-state index in [2.05, 4.69) is 5.32 Å². The molecule has 1 aromatic rings. The van der Waals surface area contributed by atoms with Crippen LogP contribution in [0.3, 0.4) is 0 Å². The maximum Gasteiger partial charge on any atom is 0.239 e. The summed E-state index contributed by atoms with van der Waals surface area (Å²) < 4.78 is 4.80. The molecule has 0 saturated heterocycles. The molecule has 96 valence electrons. The van der Waals surface area contributed by atoms with Gasteiger partial charge in [-0.05, 0) is 12.0 Å². The largest absolute Gasteiger partial charge is 0.383 e. The summed E-state index contributed by atoms with van der Waals surface area (Å²) in [7, 11) is 1.52. The second-order valence-electron chi connectivity index (χ2n) is 3.59. The zero-order chi connectivity index (χ0) is 11.8. The lowest BCUT2D eigenvalue weighted by atomic mass is 10.1. The highest BCUT2D eigenvalue weighted by molar-refractivity contribution is 5.85. The van der Waals surface area contributed by atoms with E-state index in [0.29, 0.717) is 6.54 Å². The number of hydrogen-bond donors (Lipinski definition) is 2. The number of hydrogen-bond acceptors (Lipinski definition) is 3. The highest BCUT2D eigenvalue weighted by atomic mass is 35.5. The molecule has 1 aromatic carbocycles. The van der Waals surface area contributed by atoms with Gasteiger partial charge in [0.25, 0.3) is 0 Å². The predicted octanol–water partition coefficient (Wildman–Crippen LogP) is 0.741. The summed E-state index contributed by atoms with van der Waals surface area (Å²) >= 11 is 0. The molecule has 0 aliphatic carbocycles. The van der Waals surface area contributed by atoms with Crippen LogP contribution in [0.15, 0.2) is 30.3 Å². The molecule has 17 heavy (non-hydrogen) atoms. The maximum atomic E-state index is 11.4. The van der Waals surface area contributed by atoms with Crippen molar-refractivity contribution in [2.24, 2.45) is 5.73 Å². The average Bonchev–Trinajstić information content (AvgIpc) is 2.30. The second-order valence-corrected chi connectivity index (χ2v) is 3.59. The van der Waals surface area contributed by atoms with Crippen molar-refractivity contribution in [3.8, 4) is 0 Å². The van der Waals surface area contributed by atoms with Crippen LogP contribution in [0.25, 0.3) is 0 Å². The normalized spacial score (nSPS) is 11.4. The zero-order valence-electron chi connectivity index (χ0n) is 9.89. The van der Waals surface area contributed by atoms with Gasteiger partial charge in [0, 0.05) is 13.7 Å². The number of rotatable bonds is 6. The minimum absolute atomic E-state index is 0. The van der Waals surface area contributed by atoms with E-state index in [1.54, 1.807) is 0 Å². The third-order valence-corrected chi connectivity index (χ3v) is 2.24. The average molecular weight is 259 g/mol. The van der Waals surface area contributed by atoms with Gasteiger partial charge in [0.1, 0.15) is 6.04 Å². The van der Waals surface area contributed by atoms with Gasteiger partial charge in [-0.1, -0.05) is 30.3 Å². The molecule has 0 aliphatic rings. The minimum Gasteiger partial charge on any atom is -0.383 e. The number of methoxy groups -OCH3 is 1. The first-order valence-electron chi connectivity index (χ1n) is 5.30. The van der Waals surface area contributed by atoms with Crippen LogP contribution in [0.4, 0.5) is 0 Å². The van der Waals surface area contributed by atoms with Crippen LogP contribution in [0.5, 0.6) is 0 Å². The van der Waals surface area contributed by atoms with Gasteiger partial charge in [-0.15, -0.1) is 12.4 Å². The molecular formula is C12H19ClN2O2. The Morgan fingerprint density at radius 3 is 2.65 bits per heavy atom. The van der Waals surface area contributed by atoms with Gasteiger partial charge in [-0.3, -0.25) is 4.79 Å². The maximum absolute atomic E-state index is 11.4. The van der Waals surface area contributed by atoms with E-state index >= 15 is 0 Å². The molecule has 0 radical (unpaired) electrons. The smallest absolute Gasteiger partial charge is 0.239 e. The van der Waals surface area contributed by atoms with E-state index < -0.39 is 6.04 Å². The van der Waals surface area contributed by atoms with Crippen molar-refractivity contribution < 1.29 is 9.53 Å². The van der Waals surface area contributed by atoms with E-state index in [0.717, 1.165) is 6.42 Å². The zero-order valence-corrected chi connectivity index (χ0v) is 10.7. The van der Waals surface area contributed by atoms with Crippen molar-refractivity contribution >= 4 is 18.3 Å². The molecule has 0 saturated carbocycles. The Bertz CT molecular complexity index is 320. The Morgan fingerprint density at radius 2 is 2.06 bits per heavy atom. The third kappa shape index (κ3) is 6.26. The number of nitrogens with one attached hydrogen (secondary N) is 1. The Kier molecular flexibility index (Phi) is 8.40. The molecule has 0 bridgehead atoms. The summed E-state index contributed by atoms with van der Waals surface area (Å²) in [6, 6.07) is 9.40. The molecule has 3 N–H and O–H groups in total. The molecule has 1 rings (SSSR count). The van der Waals surface area contributed by atoms with Gasteiger partial charge in [0.2, 0.25) is 5.91 Å². The molecule has 0 aromatic heterocycles. The minimum atomic E-state index is -0.583. The van der Waals surface area contributed by atoms with Gasteiger partial charge in [0.05, 0.1) is 6.61 Å². The van der Waals surface area contributed by atoms with Crippen molar-refractivity contribution in [2.75, 3.05) is 20.3 Å². The fourth-order valence-electron chi connectivity index (χ4n) is 1.36. The highest BCUT2D eigenvalue weighted by Crippen LogP contribution is 1.98. The van der Waals surface area contributed by atoms with Crippen LogP contribution in [-0.2, 0) is 16.0 Å². The number of nitrogens with two attached hydrogens (primary N) is 1. The van der Waals surface area contributed by atoms with Gasteiger partial charge >= 0.3 is 0 Å². The van der Waals surface area contributed by atoms with E-state index in [1.165, 1.54) is 12.7 Å². The summed E-state index contributed by atoms with van der Waals surface area (Å²) in [6.45, 7) is 0.845. The second kappa shape index (κ2) is 8.98. The summed E-state index contributed by atoms with van der Waals surface area (Å²) in [5, 5.41) is 2.77. The summed E-state index contributed by atoms with van der Waals surface area (Å²) in [6.07, 6.45) is 0.812. The molecular weight excluding hydrogens is 240 g/mol. The Hall–Kier alpha value is -1.10. The van der Waals surface area contributed by atoms with Crippen LogP contribution in [0.1, 0.15) is 5.56 Å². The fourth-order valence-corrected chi connectivity index (χ4v) is 1.36. The Balaban J connectivity index is 0.00000256. The number of halogens is 1. The first kappa shape index (κ1) is 15.9. The molecule has 0 spiro atoms. The third-order valence-electron chi connectivity index (χ3n) is 2.24. The number of carbonyl (C=O) groups is 1. The van der Waals surface area contributed by atoms with Gasteiger partial charge in [-0.25, -0.2) is 0 Å². The van der Waals surface area contributed by atoms with Crippen LogP contribution in [0, 0.1) is 0 Å². The van der Waals surface area contributed by atoms with Crippen molar-refractivity contribution in [1.82, 2.24) is 5.32 Å². The van der Waals surface area contributed by atoms with Crippen LogP contribution < -0.4 is 11.1 Å². The molecule has 0 fully saturated rings. The van der Waals surface area contributed by atoms with Crippen LogP contribution in [0.2, 0.25) is 0 Å². The first-order chi connectivity index (χ1) is 7.74. The van der Waals surface area contributed by atoms with Crippen molar-refractivity contribution in [3.63, 3.8) is 0 Å². The van der Waals surface area contributed by atoms with Crippen LogP contribution >= 0.6 is 12.4 Å². The predicted molar refractivity (Wildman–Crippen MR) is 70.3 cm³/mol. The van der Waals surface area contributed by atoms with E-state index in [9.17, 15) is 4.79 Å². The molecule has 1 amide bonds. The summed E-state index contributed by atoms with van der Waals surface area (Å²) in [5.74, 6) is -0.169. The highest BCUT2D eigenvalue weighted by Gasteiger charge is 2.11. The van der Waals surface area contributed by atoms with E-state index in [1.807, 2.05) is 30.3 Å². The lowest BCUT2D eigenvalue weighted by molar-refractivity contribution is -0.123. The van der Waals surface area contributed by atoms with Crippen molar-refractivity contribution in [2.45, 2.75) is 12.5 Å². The monoisotopic (exact) mass is 258 g/mol. The SMILES string of the molecule is COCC(N)C(=O)NCCc1ccccc1.Cl. The van der Waals surface area contributed by atoms with Gasteiger partial charge < -0.3 is 15.8 Å². The quantitative estimate of drug-likeness (QED) is 0.791. The molecule has 5 heteroatoms. The molecule has 1 atom stereocenters. The first-order valence-corrected chi connectivity index (χ1v) is 5.30. The standard InChI is InChI=1S/C12H18N2O2.ClH/c1-16-9-11(13)12(15)14-8-7-10-5-3-2-4-6-10;/h2-6,11H,7-9,13H2,1H3,(H,14,15);1H. The molecule has 4 nitrogen and oxygen atoms in total. The lowest BCUT2D eigenvalue weighted by Gasteiger charge is -2.10. The van der Waals surface area contributed by atoms with Crippen molar-refractivity contribution in [3.05, 3.63) is 35.9 Å². The summed E-state index contributed by atoms with van der Waals surface area (Å²) in [4.78, 5) is 11.4.